The molecule has 1 fully saturated rings. The number of hydrogen-bond donors (Lipinski definition) is 1. The molecule has 20 heavy (non-hydrogen) atoms. The summed E-state index contributed by atoms with van der Waals surface area (Å²) in [4.78, 5) is 0. The monoisotopic (exact) mass is 287 g/mol. The topological polar surface area (TPSA) is 39.7 Å². The summed E-state index contributed by atoms with van der Waals surface area (Å²) in [6, 6.07) is 0.493. The fraction of sp³-hybridized carbons (Fsp3) is 1.00. The fourth-order valence-electron chi connectivity index (χ4n) is 3.13. The summed E-state index contributed by atoms with van der Waals surface area (Å²) in [5.74, 6) is 1.41. The van der Waals surface area contributed by atoms with Crippen molar-refractivity contribution in [2.24, 2.45) is 11.8 Å². The summed E-state index contributed by atoms with van der Waals surface area (Å²) >= 11 is 0. The molecular weight excluding hydrogens is 254 g/mol. The minimum Gasteiger partial charge on any atom is -0.382 e. The Bertz CT molecular complexity index is 238. The van der Waals surface area contributed by atoms with Crippen molar-refractivity contribution in [2.75, 3.05) is 40.1 Å². The van der Waals surface area contributed by atoms with Crippen LogP contribution >= 0.6 is 0 Å². The number of rotatable bonds is 10. The summed E-state index contributed by atoms with van der Waals surface area (Å²) in [6.45, 7) is 10.6. The van der Waals surface area contributed by atoms with Crippen LogP contribution in [-0.2, 0) is 14.2 Å². The molecule has 0 amide bonds. The highest BCUT2D eigenvalue weighted by molar-refractivity contribution is 4.88. The molecule has 1 saturated carbocycles. The van der Waals surface area contributed by atoms with Gasteiger partial charge < -0.3 is 19.5 Å². The van der Waals surface area contributed by atoms with Crippen molar-refractivity contribution in [2.45, 2.75) is 52.2 Å². The molecule has 1 aliphatic rings. The lowest BCUT2D eigenvalue weighted by Gasteiger charge is -2.40. The van der Waals surface area contributed by atoms with Crippen LogP contribution in [0.4, 0.5) is 0 Å². The minimum absolute atomic E-state index is 0.323. The van der Waals surface area contributed by atoms with E-state index in [1.54, 1.807) is 7.11 Å². The van der Waals surface area contributed by atoms with E-state index in [-0.39, 0.29) is 0 Å². The van der Waals surface area contributed by atoms with E-state index in [4.69, 9.17) is 14.2 Å². The second-order valence-corrected chi connectivity index (χ2v) is 6.06. The van der Waals surface area contributed by atoms with E-state index < -0.39 is 0 Å². The van der Waals surface area contributed by atoms with Gasteiger partial charge in [0, 0.05) is 13.2 Å². The molecule has 1 aliphatic carbocycles. The van der Waals surface area contributed by atoms with E-state index in [0.717, 1.165) is 12.5 Å². The first-order valence-corrected chi connectivity index (χ1v) is 8.10. The molecule has 0 aliphatic heterocycles. The number of nitrogens with one attached hydrogen (secondary N) is 1. The first-order valence-electron chi connectivity index (χ1n) is 8.10. The SMILES string of the molecule is CCCNC1CC(C)CC(C)C1OCCOCCOC. The number of methoxy groups -OCH3 is 1. The van der Waals surface area contributed by atoms with Crippen molar-refractivity contribution >= 4 is 0 Å². The molecule has 0 heterocycles. The van der Waals surface area contributed by atoms with Crippen LogP contribution in [0.3, 0.4) is 0 Å². The first kappa shape index (κ1) is 17.9. The van der Waals surface area contributed by atoms with Gasteiger partial charge in [0.1, 0.15) is 0 Å². The smallest absolute Gasteiger partial charge is 0.0754 e. The van der Waals surface area contributed by atoms with Crippen LogP contribution in [0.2, 0.25) is 0 Å². The molecule has 4 atom stereocenters. The van der Waals surface area contributed by atoms with Gasteiger partial charge in [-0.15, -0.1) is 0 Å². The van der Waals surface area contributed by atoms with Gasteiger partial charge in [-0.3, -0.25) is 0 Å². The van der Waals surface area contributed by atoms with E-state index in [1.165, 1.54) is 19.3 Å². The van der Waals surface area contributed by atoms with Gasteiger partial charge in [-0.2, -0.15) is 0 Å². The predicted molar refractivity (Wildman–Crippen MR) is 82.1 cm³/mol. The van der Waals surface area contributed by atoms with E-state index in [2.05, 4.69) is 26.1 Å². The van der Waals surface area contributed by atoms with E-state index in [9.17, 15) is 0 Å². The summed E-state index contributed by atoms with van der Waals surface area (Å²) < 4.78 is 16.5. The molecule has 0 spiro atoms. The Morgan fingerprint density at radius 2 is 1.80 bits per heavy atom. The highest BCUT2D eigenvalue weighted by Gasteiger charge is 2.34. The van der Waals surface area contributed by atoms with Gasteiger partial charge in [0.25, 0.3) is 0 Å². The normalized spacial score (nSPS) is 30.6. The predicted octanol–water partition coefficient (Wildman–Crippen LogP) is 2.47. The fourth-order valence-corrected chi connectivity index (χ4v) is 3.13. The molecule has 4 heteroatoms. The van der Waals surface area contributed by atoms with Crippen LogP contribution in [0.5, 0.6) is 0 Å². The van der Waals surface area contributed by atoms with Crippen molar-refractivity contribution in [1.82, 2.24) is 5.32 Å². The zero-order valence-corrected chi connectivity index (χ0v) is 13.7. The van der Waals surface area contributed by atoms with Gasteiger partial charge in [0.2, 0.25) is 0 Å². The van der Waals surface area contributed by atoms with Crippen molar-refractivity contribution in [3.8, 4) is 0 Å². The molecule has 0 radical (unpaired) electrons. The second kappa shape index (κ2) is 10.6. The van der Waals surface area contributed by atoms with E-state index >= 15 is 0 Å². The molecule has 4 unspecified atom stereocenters. The Morgan fingerprint density at radius 3 is 2.50 bits per heavy atom. The maximum absolute atomic E-state index is 6.11. The van der Waals surface area contributed by atoms with Gasteiger partial charge in [0.15, 0.2) is 0 Å². The molecule has 120 valence electrons. The molecule has 0 aromatic rings. The molecule has 1 N–H and O–H groups in total. The summed E-state index contributed by atoms with van der Waals surface area (Å²) in [7, 11) is 1.69. The van der Waals surface area contributed by atoms with Crippen LogP contribution in [0.25, 0.3) is 0 Å². The lowest BCUT2D eigenvalue weighted by atomic mass is 9.78. The second-order valence-electron chi connectivity index (χ2n) is 6.06. The van der Waals surface area contributed by atoms with Crippen LogP contribution in [0.1, 0.15) is 40.0 Å². The highest BCUT2D eigenvalue weighted by Crippen LogP contribution is 2.31. The Morgan fingerprint density at radius 1 is 1.05 bits per heavy atom. The molecule has 0 aromatic heterocycles. The third-order valence-electron chi connectivity index (χ3n) is 4.01. The van der Waals surface area contributed by atoms with Gasteiger partial charge >= 0.3 is 0 Å². The van der Waals surface area contributed by atoms with Gasteiger partial charge in [0.05, 0.1) is 32.5 Å². The molecule has 0 bridgehead atoms. The van der Waals surface area contributed by atoms with Gasteiger partial charge in [-0.1, -0.05) is 20.8 Å². The lowest BCUT2D eigenvalue weighted by Crippen LogP contribution is -2.49. The molecular formula is C16H33NO3. The van der Waals surface area contributed by atoms with E-state index in [0.29, 0.717) is 44.5 Å². The maximum atomic E-state index is 6.11. The van der Waals surface area contributed by atoms with Gasteiger partial charge in [-0.05, 0) is 37.6 Å². The Labute approximate surface area is 124 Å². The number of ether oxygens (including phenoxy) is 3. The summed E-state index contributed by atoms with van der Waals surface area (Å²) in [5, 5.41) is 3.66. The first-order chi connectivity index (χ1) is 9.69. The molecule has 1 rings (SSSR count). The minimum atomic E-state index is 0.323. The highest BCUT2D eigenvalue weighted by atomic mass is 16.5. The Kier molecular flexibility index (Phi) is 9.44. The van der Waals surface area contributed by atoms with Crippen molar-refractivity contribution in [3.05, 3.63) is 0 Å². The maximum Gasteiger partial charge on any atom is 0.0754 e. The third kappa shape index (κ3) is 6.53. The van der Waals surface area contributed by atoms with E-state index in [1.807, 2.05) is 0 Å². The van der Waals surface area contributed by atoms with Crippen LogP contribution < -0.4 is 5.32 Å². The largest absolute Gasteiger partial charge is 0.382 e. The third-order valence-corrected chi connectivity index (χ3v) is 4.01. The van der Waals surface area contributed by atoms with Gasteiger partial charge in [-0.25, -0.2) is 0 Å². The molecule has 0 saturated heterocycles. The number of hydrogen-bond acceptors (Lipinski definition) is 4. The van der Waals surface area contributed by atoms with Crippen molar-refractivity contribution < 1.29 is 14.2 Å². The average molecular weight is 287 g/mol. The van der Waals surface area contributed by atoms with Crippen LogP contribution in [-0.4, -0.2) is 52.2 Å². The summed E-state index contributed by atoms with van der Waals surface area (Å²) in [6.07, 6.45) is 3.98. The Balaban J connectivity index is 2.30. The quantitative estimate of drug-likeness (QED) is 0.627. The lowest BCUT2D eigenvalue weighted by molar-refractivity contribution is -0.0607. The standard InChI is InChI=1S/C16H33NO3/c1-5-6-17-15-12-13(2)11-14(3)16(15)20-10-9-19-8-7-18-4/h13-17H,5-12H2,1-4H3. The molecule has 4 nitrogen and oxygen atoms in total. The summed E-state index contributed by atoms with van der Waals surface area (Å²) in [5.41, 5.74) is 0. The van der Waals surface area contributed by atoms with Crippen LogP contribution in [0.15, 0.2) is 0 Å². The van der Waals surface area contributed by atoms with Crippen molar-refractivity contribution in [3.63, 3.8) is 0 Å². The zero-order chi connectivity index (χ0) is 14.8. The Hall–Kier alpha value is -0.160. The zero-order valence-electron chi connectivity index (χ0n) is 13.7. The van der Waals surface area contributed by atoms with Crippen LogP contribution in [0, 0.1) is 11.8 Å². The molecule has 0 aromatic carbocycles. The van der Waals surface area contributed by atoms with Crippen molar-refractivity contribution in [1.29, 1.82) is 0 Å². The average Bonchev–Trinajstić information content (AvgIpc) is 2.42.